The minimum Gasteiger partial charge on any atom is -0.296 e. The fourth-order valence-electron chi connectivity index (χ4n) is 1.61. The van der Waals surface area contributed by atoms with Crippen molar-refractivity contribution in [2.45, 2.75) is 0 Å². The number of nitrogens with one attached hydrogen (secondary N) is 1. The first kappa shape index (κ1) is 11.5. The Kier molecular flexibility index (Phi) is 3.03. The summed E-state index contributed by atoms with van der Waals surface area (Å²) < 4.78 is 1.70. The summed E-state index contributed by atoms with van der Waals surface area (Å²) in [5, 5.41) is 14.7. The van der Waals surface area contributed by atoms with Gasteiger partial charge in [0.05, 0.1) is 5.69 Å². The molecular weight excluding hydrogens is 262 g/mol. The largest absolute Gasteiger partial charge is 0.296 e. The van der Waals surface area contributed by atoms with Gasteiger partial charge in [-0.25, -0.2) is 4.68 Å². The first-order chi connectivity index (χ1) is 9.33. The summed E-state index contributed by atoms with van der Waals surface area (Å²) in [6.07, 6.45) is 3.51. The van der Waals surface area contributed by atoms with Crippen molar-refractivity contribution < 1.29 is 4.79 Å². The van der Waals surface area contributed by atoms with E-state index in [0.29, 0.717) is 10.7 Å². The highest BCUT2D eigenvalue weighted by atomic mass is 32.1. The molecule has 0 bridgehead atoms. The normalized spacial score (nSPS) is 10.3. The first-order valence-electron chi connectivity index (χ1n) is 5.50. The molecule has 0 saturated heterocycles. The molecule has 0 spiro atoms. The second-order valence-electron chi connectivity index (χ2n) is 3.70. The van der Waals surface area contributed by atoms with Crippen molar-refractivity contribution in [1.82, 2.24) is 20.0 Å². The van der Waals surface area contributed by atoms with Crippen molar-refractivity contribution in [3.05, 3.63) is 53.8 Å². The maximum atomic E-state index is 12.0. The lowest BCUT2D eigenvalue weighted by molar-refractivity contribution is 0.102. The molecule has 0 aliphatic rings. The van der Waals surface area contributed by atoms with Gasteiger partial charge in [-0.15, -0.1) is 10.2 Å². The number of aromatic nitrogens is 4. The number of rotatable bonds is 3. The Morgan fingerprint density at radius 2 is 2.26 bits per heavy atom. The zero-order chi connectivity index (χ0) is 13.1. The highest BCUT2D eigenvalue weighted by Crippen LogP contribution is 2.13. The van der Waals surface area contributed by atoms with Crippen molar-refractivity contribution >= 4 is 22.4 Å². The van der Waals surface area contributed by atoms with Crippen LogP contribution in [0.25, 0.3) is 5.69 Å². The molecule has 2 heterocycles. The third-order valence-corrected chi connectivity index (χ3v) is 3.06. The van der Waals surface area contributed by atoms with Gasteiger partial charge < -0.3 is 0 Å². The molecule has 0 unspecified atom stereocenters. The number of benzene rings is 1. The maximum absolute atomic E-state index is 12.0. The smallest absolute Gasteiger partial charge is 0.257 e. The van der Waals surface area contributed by atoms with E-state index in [1.807, 2.05) is 24.4 Å². The van der Waals surface area contributed by atoms with Gasteiger partial charge in [0.15, 0.2) is 0 Å². The van der Waals surface area contributed by atoms with Crippen molar-refractivity contribution in [2.24, 2.45) is 0 Å². The number of hydrogen-bond donors (Lipinski definition) is 1. The van der Waals surface area contributed by atoms with Crippen LogP contribution in [0.3, 0.4) is 0 Å². The van der Waals surface area contributed by atoms with E-state index in [1.165, 1.54) is 11.3 Å². The SMILES string of the molecule is O=C(Nc1nncs1)c1cccc(-n2cccn2)c1. The molecule has 0 atom stereocenters. The van der Waals surface area contributed by atoms with Crippen LogP contribution in [0.2, 0.25) is 0 Å². The van der Waals surface area contributed by atoms with Crippen LogP contribution in [0.5, 0.6) is 0 Å². The number of carbonyl (C=O) groups excluding carboxylic acids is 1. The summed E-state index contributed by atoms with van der Waals surface area (Å²) in [6, 6.07) is 9.03. The zero-order valence-electron chi connectivity index (χ0n) is 9.72. The quantitative estimate of drug-likeness (QED) is 0.790. The highest BCUT2D eigenvalue weighted by Gasteiger charge is 2.09. The van der Waals surface area contributed by atoms with Crippen LogP contribution in [0.1, 0.15) is 10.4 Å². The van der Waals surface area contributed by atoms with Crippen LogP contribution in [0.15, 0.2) is 48.2 Å². The number of carbonyl (C=O) groups is 1. The monoisotopic (exact) mass is 271 g/mol. The Morgan fingerprint density at radius 1 is 1.32 bits per heavy atom. The minimum absolute atomic E-state index is 0.217. The second-order valence-corrected chi connectivity index (χ2v) is 4.53. The molecule has 94 valence electrons. The van der Waals surface area contributed by atoms with E-state index in [2.05, 4.69) is 20.6 Å². The lowest BCUT2D eigenvalue weighted by Crippen LogP contribution is -2.12. The molecule has 3 rings (SSSR count). The standard InChI is InChI=1S/C12H9N5OS/c18-11(15-12-16-13-8-19-12)9-3-1-4-10(7-9)17-6-2-5-14-17/h1-8H,(H,15,16,18). The molecule has 0 saturated carbocycles. The maximum Gasteiger partial charge on any atom is 0.257 e. The van der Waals surface area contributed by atoms with Crippen LogP contribution >= 0.6 is 11.3 Å². The number of anilines is 1. The van der Waals surface area contributed by atoms with Crippen molar-refractivity contribution in [1.29, 1.82) is 0 Å². The van der Waals surface area contributed by atoms with E-state index in [4.69, 9.17) is 0 Å². The summed E-state index contributed by atoms with van der Waals surface area (Å²) in [4.78, 5) is 12.0. The van der Waals surface area contributed by atoms with Gasteiger partial charge in [-0.2, -0.15) is 5.10 Å². The molecule has 0 aliphatic carbocycles. The lowest BCUT2D eigenvalue weighted by Gasteiger charge is -2.05. The Labute approximate surface area is 112 Å². The fraction of sp³-hybridized carbons (Fsp3) is 0. The second kappa shape index (κ2) is 4.99. The molecule has 1 aromatic carbocycles. The van der Waals surface area contributed by atoms with Gasteiger partial charge in [0, 0.05) is 18.0 Å². The van der Waals surface area contributed by atoms with Gasteiger partial charge in [-0.1, -0.05) is 17.4 Å². The van der Waals surface area contributed by atoms with E-state index in [0.717, 1.165) is 5.69 Å². The molecule has 19 heavy (non-hydrogen) atoms. The van der Waals surface area contributed by atoms with Crippen LogP contribution in [-0.2, 0) is 0 Å². The minimum atomic E-state index is -0.217. The van der Waals surface area contributed by atoms with E-state index < -0.39 is 0 Å². The average Bonchev–Trinajstić information content (AvgIpc) is 3.12. The van der Waals surface area contributed by atoms with E-state index in [-0.39, 0.29) is 5.91 Å². The molecule has 3 aromatic rings. The van der Waals surface area contributed by atoms with Crippen LogP contribution < -0.4 is 5.32 Å². The summed E-state index contributed by atoms with van der Waals surface area (Å²) in [5.41, 5.74) is 2.94. The van der Waals surface area contributed by atoms with Crippen molar-refractivity contribution in [3.8, 4) is 5.69 Å². The van der Waals surface area contributed by atoms with Gasteiger partial charge in [0.1, 0.15) is 5.51 Å². The Bertz CT molecular complexity index is 678. The van der Waals surface area contributed by atoms with Crippen LogP contribution in [0, 0.1) is 0 Å². The molecule has 7 heteroatoms. The topological polar surface area (TPSA) is 72.7 Å². The molecule has 1 amide bonds. The van der Waals surface area contributed by atoms with Crippen LogP contribution in [0.4, 0.5) is 5.13 Å². The van der Waals surface area contributed by atoms with Crippen molar-refractivity contribution in [3.63, 3.8) is 0 Å². The Balaban J connectivity index is 1.85. The number of nitrogens with zero attached hydrogens (tertiary/aromatic N) is 4. The molecule has 0 fully saturated rings. The van der Waals surface area contributed by atoms with Gasteiger partial charge in [-0.05, 0) is 24.3 Å². The predicted molar refractivity (Wildman–Crippen MR) is 71.4 cm³/mol. The van der Waals surface area contributed by atoms with E-state index in [1.54, 1.807) is 28.5 Å². The average molecular weight is 271 g/mol. The Hall–Kier alpha value is -2.54. The molecule has 0 aliphatic heterocycles. The zero-order valence-corrected chi connectivity index (χ0v) is 10.5. The molecule has 1 N–H and O–H groups in total. The number of amides is 1. The third-order valence-electron chi connectivity index (χ3n) is 2.46. The van der Waals surface area contributed by atoms with Gasteiger partial charge >= 0.3 is 0 Å². The van der Waals surface area contributed by atoms with E-state index >= 15 is 0 Å². The van der Waals surface area contributed by atoms with E-state index in [9.17, 15) is 4.79 Å². The highest BCUT2D eigenvalue weighted by molar-refractivity contribution is 7.13. The first-order valence-corrected chi connectivity index (χ1v) is 6.38. The summed E-state index contributed by atoms with van der Waals surface area (Å²) in [5.74, 6) is -0.217. The molecular formula is C12H9N5OS. The third kappa shape index (κ3) is 2.50. The summed E-state index contributed by atoms with van der Waals surface area (Å²) in [7, 11) is 0. The molecule has 2 aromatic heterocycles. The lowest BCUT2D eigenvalue weighted by atomic mass is 10.2. The van der Waals surface area contributed by atoms with Crippen LogP contribution in [-0.4, -0.2) is 25.9 Å². The molecule has 6 nitrogen and oxygen atoms in total. The summed E-state index contributed by atoms with van der Waals surface area (Å²) >= 11 is 1.28. The van der Waals surface area contributed by atoms with Gasteiger partial charge in [0.2, 0.25) is 5.13 Å². The Morgan fingerprint density at radius 3 is 3.00 bits per heavy atom. The summed E-state index contributed by atoms with van der Waals surface area (Å²) in [6.45, 7) is 0. The van der Waals surface area contributed by atoms with Crippen molar-refractivity contribution in [2.75, 3.05) is 5.32 Å². The molecule has 0 radical (unpaired) electrons. The predicted octanol–water partition coefficient (Wildman–Crippen LogP) is 1.98. The van der Waals surface area contributed by atoms with Gasteiger partial charge in [-0.3, -0.25) is 10.1 Å². The van der Waals surface area contributed by atoms with Gasteiger partial charge in [0.25, 0.3) is 5.91 Å². The fourth-order valence-corrected chi connectivity index (χ4v) is 2.05. The number of hydrogen-bond acceptors (Lipinski definition) is 5.